The summed E-state index contributed by atoms with van der Waals surface area (Å²) >= 11 is 5.40. The molecule has 0 aliphatic carbocycles. The second-order valence-electron chi connectivity index (χ2n) is 8.49. The van der Waals surface area contributed by atoms with Gasteiger partial charge < -0.3 is 14.2 Å². The van der Waals surface area contributed by atoms with Gasteiger partial charge in [-0.1, -0.05) is 91.3 Å². The Balaban J connectivity index is -0.000000478. The third kappa shape index (κ3) is 19.1. The van der Waals surface area contributed by atoms with Gasteiger partial charge in [-0.15, -0.1) is 11.6 Å². The molecule has 38 heavy (non-hydrogen) atoms. The van der Waals surface area contributed by atoms with Crippen LogP contribution in [-0.4, -0.2) is 48.4 Å². The molecule has 2 rings (SSSR count). The Labute approximate surface area is 241 Å². The van der Waals surface area contributed by atoms with Crippen molar-refractivity contribution in [3.8, 4) is 5.75 Å². The maximum absolute atomic E-state index is 11.5. The van der Waals surface area contributed by atoms with Crippen LogP contribution in [0.4, 0.5) is 0 Å². The molecule has 0 amide bonds. The summed E-state index contributed by atoms with van der Waals surface area (Å²) in [5, 5.41) is 0.966. The Morgan fingerprint density at radius 2 is 1.53 bits per heavy atom. The zero-order chi connectivity index (χ0) is 29.8. The Bertz CT molecular complexity index is 838. The number of aryl methyl sites for hydroxylation is 1. The number of benzene rings is 1. The number of hydrogen-bond acceptors (Lipinski definition) is 3. The van der Waals surface area contributed by atoms with E-state index in [1.54, 1.807) is 14.0 Å². The number of hydrogen-bond donors (Lipinski definition) is 0. The maximum Gasteiger partial charge on any atom is 0.161 e. The van der Waals surface area contributed by atoms with Crippen molar-refractivity contribution >= 4 is 28.3 Å². The van der Waals surface area contributed by atoms with Crippen LogP contribution in [0.15, 0.2) is 48.7 Å². The monoisotopic (exact) mass is 550 g/mol. The van der Waals surface area contributed by atoms with Crippen LogP contribution in [-0.2, 0) is 6.54 Å². The highest BCUT2D eigenvalue weighted by Gasteiger charge is 2.14. The van der Waals surface area contributed by atoms with Crippen molar-refractivity contribution in [2.45, 2.75) is 101 Å². The summed E-state index contributed by atoms with van der Waals surface area (Å²) in [5.74, 6) is 1.53. The predicted molar refractivity (Wildman–Crippen MR) is 173 cm³/mol. The van der Waals surface area contributed by atoms with Crippen LogP contribution in [0.25, 0.3) is 10.9 Å². The van der Waals surface area contributed by atoms with Crippen LogP contribution in [0.1, 0.15) is 105 Å². The lowest BCUT2D eigenvalue weighted by Gasteiger charge is -2.12. The van der Waals surface area contributed by atoms with Gasteiger partial charge in [-0.2, -0.15) is 0 Å². The topological polar surface area (TPSA) is 34.5 Å². The molecule has 4 nitrogen and oxygen atoms in total. The van der Waals surface area contributed by atoms with E-state index in [0.29, 0.717) is 5.88 Å². The van der Waals surface area contributed by atoms with Gasteiger partial charge in [-0.25, -0.2) is 0 Å². The van der Waals surface area contributed by atoms with E-state index in [1.165, 1.54) is 32.4 Å². The highest BCUT2D eigenvalue weighted by molar-refractivity contribution is 6.18. The molecule has 0 radical (unpaired) electrons. The summed E-state index contributed by atoms with van der Waals surface area (Å²) in [5.41, 5.74) is 1.76. The molecule has 0 fully saturated rings. The van der Waals surface area contributed by atoms with Gasteiger partial charge in [0.25, 0.3) is 0 Å². The molecule has 0 bridgehead atoms. The predicted octanol–water partition coefficient (Wildman–Crippen LogP) is 10.2. The largest absolute Gasteiger partial charge is 0.495 e. The average Bonchev–Trinajstić information content (AvgIpc) is 3.31. The molecule has 2 aromatic rings. The van der Waals surface area contributed by atoms with E-state index < -0.39 is 0 Å². The van der Waals surface area contributed by atoms with E-state index in [0.717, 1.165) is 41.6 Å². The summed E-state index contributed by atoms with van der Waals surface area (Å²) in [7, 11) is 3.82. The lowest BCUT2D eigenvalue weighted by Crippen LogP contribution is -2.19. The molecule has 0 saturated heterocycles. The number of rotatable bonds is 11. The van der Waals surface area contributed by atoms with Crippen LogP contribution in [0.2, 0.25) is 0 Å². The summed E-state index contributed by atoms with van der Waals surface area (Å²) < 4.78 is 7.38. The standard InChI is InChI=1S/C13H15NO2.C8H13Cl.C7H17N.C3H8.C2H6/c1-4-14-8-11(9(2)15)10-6-5-7-12(16-3)13(10)14;1-2-3-4-5-6-7-8-9;1-4-6-8(3)7-5-2;1-3-2;1-2/h5-8H,4H2,1-3H3;3-4,6-7H,2,5,8H2,1H3;4-7H2,1-3H3;3H2,1-2H3;1-2H3/b;4-3-,7-6-;;;. The summed E-state index contributed by atoms with van der Waals surface area (Å²) in [6, 6.07) is 5.78. The number of Topliss-reactive ketones (excluding diaryl/α,β-unsaturated/α-hetero) is 1. The second kappa shape index (κ2) is 29.5. The summed E-state index contributed by atoms with van der Waals surface area (Å²) in [6.07, 6.45) is 16.2. The smallest absolute Gasteiger partial charge is 0.161 e. The SMILES string of the molecule is CC.CC/C=C\C/C=C\CCl.CCC.CCCN(C)CCC.CCn1cc(C(C)=O)c2cccc(OC)c21. The van der Waals surface area contributed by atoms with Crippen molar-refractivity contribution in [2.24, 2.45) is 0 Å². The summed E-state index contributed by atoms with van der Waals surface area (Å²) in [4.78, 5) is 13.9. The van der Waals surface area contributed by atoms with Crippen LogP contribution >= 0.6 is 11.6 Å². The first-order valence-corrected chi connectivity index (χ1v) is 15.1. The minimum absolute atomic E-state index is 0.0884. The fraction of sp³-hybridized carbons (Fsp3) is 0.606. The molecular formula is C33H59ClN2O2. The molecule has 0 atom stereocenters. The van der Waals surface area contributed by atoms with Gasteiger partial charge >= 0.3 is 0 Å². The molecule has 5 heteroatoms. The molecule has 0 spiro atoms. The Hall–Kier alpha value is -2.04. The van der Waals surface area contributed by atoms with Crippen LogP contribution in [0.5, 0.6) is 5.75 Å². The molecule has 0 aliphatic heterocycles. The number of ketones is 1. The van der Waals surface area contributed by atoms with Crippen LogP contribution in [0.3, 0.4) is 0 Å². The minimum atomic E-state index is 0.0884. The van der Waals surface area contributed by atoms with Crippen molar-refractivity contribution < 1.29 is 9.53 Å². The number of allylic oxidation sites excluding steroid dienone is 4. The number of alkyl halides is 1. The maximum atomic E-state index is 11.5. The van der Waals surface area contributed by atoms with Crippen molar-refractivity contribution in [1.29, 1.82) is 0 Å². The van der Waals surface area contributed by atoms with Gasteiger partial charge in [0.2, 0.25) is 0 Å². The van der Waals surface area contributed by atoms with Gasteiger partial charge in [0.1, 0.15) is 5.75 Å². The molecule has 220 valence electrons. The molecule has 0 unspecified atom stereocenters. The van der Waals surface area contributed by atoms with Crippen molar-refractivity contribution in [3.05, 3.63) is 54.3 Å². The van der Waals surface area contributed by atoms with E-state index in [-0.39, 0.29) is 5.78 Å². The third-order valence-electron chi connectivity index (χ3n) is 4.94. The number of halogens is 1. The molecule has 0 N–H and O–H groups in total. The van der Waals surface area contributed by atoms with Gasteiger partial charge in [-0.3, -0.25) is 4.79 Å². The first-order valence-electron chi connectivity index (χ1n) is 14.5. The highest BCUT2D eigenvalue weighted by Crippen LogP contribution is 2.29. The lowest BCUT2D eigenvalue weighted by atomic mass is 10.1. The molecule has 1 aromatic carbocycles. The molecular weight excluding hydrogens is 492 g/mol. The lowest BCUT2D eigenvalue weighted by molar-refractivity contribution is 0.101. The van der Waals surface area contributed by atoms with E-state index >= 15 is 0 Å². The normalized spacial score (nSPS) is 10.1. The average molecular weight is 551 g/mol. The van der Waals surface area contributed by atoms with Crippen LogP contribution in [0, 0.1) is 0 Å². The van der Waals surface area contributed by atoms with E-state index in [4.69, 9.17) is 16.3 Å². The zero-order valence-corrected chi connectivity index (χ0v) is 27.3. The van der Waals surface area contributed by atoms with Crippen LogP contribution < -0.4 is 4.74 Å². The van der Waals surface area contributed by atoms with E-state index in [2.05, 4.69) is 71.7 Å². The third-order valence-corrected chi connectivity index (χ3v) is 5.12. The molecule has 0 aliphatic rings. The fourth-order valence-electron chi connectivity index (χ4n) is 3.40. The van der Waals surface area contributed by atoms with Crippen molar-refractivity contribution in [3.63, 3.8) is 0 Å². The fourth-order valence-corrected chi connectivity index (χ4v) is 3.52. The van der Waals surface area contributed by atoms with Gasteiger partial charge in [0, 0.05) is 29.6 Å². The summed E-state index contributed by atoms with van der Waals surface area (Å²) in [6.45, 7) is 21.8. The Morgan fingerprint density at radius 1 is 0.974 bits per heavy atom. The number of aromatic nitrogens is 1. The molecule has 0 saturated carbocycles. The highest BCUT2D eigenvalue weighted by atomic mass is 35.5. The molecule has 1 heterocycles. The number of carbonyl (C=O) groups is 1. The van der Waals surface area contributed by atoms with Crippen molar-refractivity contribution in [2.75, 3.05) is 33.1 Å². The van der Waals surface area contributed by atoms with E-state index in [1.807, 2.05) is 48.9 Å². The minimum Gasteiger partial charge on any atom is -0.495 e. The number of para-hydroxylation sites is 1. The number of ether oxygens (including phenoxy) is 1. The van der Waals surface area contributed by atoms with Gasteiger partial charge in [0.05, 0.1) is 12.6 Å². The molecule has 1 aromatic heterocycles. The van der Waals surface area contributed by atoms with Gasteiger partial charge in [0.15, 0.2) is 5.78 Å². The number of carbonyl (C=O) groups excluding carboxylic acids is 1. The Morgan fingerprint density at radius 3 is 1.95 bits per heavy atom. The van der Waals surface area contributed by atoms with Gasteiger partial charge in [-0.05, 0) is 65.7 Å². The van der Waals surface area contributed by atoms with E-state index in [9.17, 15) is 4.79 Å². The number of nitrogens with zero attached hydrogens (tertiary/aromatic N) is 2. The first-order chi connectivity index (χ1) is 18.3. The van der Waals surface area contributed by atoms with Crippen molar-refractivity contribution in [1.82, 2.24) is 9.47 Å². The second-order valence-corrected chi connectivity index (χ2v) is 8.80. The quantitative estimate of drug-likeness (QED) is 0.158. The number of fused-ring (bicyclic) bond motifs is 1. The Kier molecular flexibility index (Phi) is 31.4. The first kappa shape index (κ1) is 40.5. The number of methoxy groups -OCH3 is 1. The zero-order valence-electron chi connectivity index (χ0n) is 26.6.